The summed E-state index contributed by atoms with van der Waals surface area (Å²) >= 11 is 3.20. The summed E-state index contributed by atoms with van der Waals surface area (Å²) in [6.45, 7) is 6.00. The molecule has 1 atom stereocenters. The summed E-state index contributed by atoms with van der Waals surface area (Å²) in [5.41, 5.74) is -1.82. The van der Waals surface area contributed by atoms with E-state index < -0.39 is 23.2 Å². The molecule has 0 aliphatic heterocycles. The topological polar surface area (TPSA) is 57.6 Å². The number of nitrogens with zero attached hydrogens (tertiary/aromatic N) is 1. The van der Waals surface area contributed by atoms with Gasteiger partial charge in [-0.15, -0.1) is 0 Å². The zero-order valence-electron chi connectivity index (χ0n) is 11.8. The monoisotopic (exact) mass is 345 g/mol. The van der Waals surface area contributed by atoms with Crippen molar-refractivity contribution in [3.05, 3.63) is 34.1 Å². The molecule has 1 amide bonds. The molecule has 0 spiro atoms. The van der Waals surface area contributed by atoms with Gasteiger partial charge in [0.2, 0.25) is 5.91 Å². The Balaban J connectivity index is 3.60. The maximum atomic E-state index is 14.1. The van der Waals surface area contributed by atoms with Crippen LogP contribution in [0.1, 0.15) is 33.3 Å². The second kappa shape index (κ2) is 5.91. The number of aliphatic carboxylic acids is 1. The second-order valence-corrected chi connectivity index (χ2v) is 5.90. The number of carboxylic acids is 1. The molecule has 1 unspecified atom stereocenters. The van der Waals surface area contributed by atoms with Crippen molar-refractivity contribution in [2.45, 2.75) is 39.3 Å². The van der Waals surface area contributed by atoms with Gasteiger partial charge in [-0.1, -0.05) is 15.9 Å². The SMILES string of the molecule is CC(=O)N(C(C)C)C(C)(C(=O)O)c1cc(Br)ccc1F. The minimum Gasteiger partial charge on any atom is -0.479 e. The zero-order chi connectivity index (χ0) is 15.7. The van der Waals surface area contributed by atoms with Crippen molar-refractivity contribution in [2.75, 3.05) is 0 Å². The molecule has 0 aromatic heterocycles. The smallest absolute Gasteiger partial charge is 0.334 e. The van der Waals surface area contributed by atoms with Crippen molar-refractivity contribution in [3.63, 3.8) is 0 Å². The number of amides is 1. The number of halogens is 2. The first kappa shape index (κ1) is 16.6. The van der Waals surface area contributed by atoms with Crippen LogP contribution in [0.3, 0.4) is 0 Å². The van der Waals surface area contributed by atoms with Gasteiger partial charge in [-0.3, -0.25) is 4.79 Å². The van der Waals surface area contributed by atoms with E-state index in [1.165, 1.54) is 36.9 Å². The first-order valence-electron chi connectivity index (χ1n) is 6.11. The molecule has 0 saturated heterocycles. The molecule has 0 heterocycles. The summed E-state index contributed by atoms with van der Waals surface area (Å²) in [4.78, 5) is 24.8. The van der Waals surface area contributed by atoms with E-state index >= 15 is 0 Å². The maximum absolute atomic E-state index is 14.1. The molecule has 20 heavy (non-hydrogen) atoms. The normalized spacial score (nSPS) is 13.9. The predicted molar refractivity (Wildman–Crippen MR) is 76.7 cm³/mol. The Hall–Kier alpha value is -1.43. The van der Waals surface area contributed by atoms with Crippen LogP contribution in [-0.2, 0) is 15.1 Å². The van der Waals surface area contributed by atoms with Crippen LogP contribution in [0.25, 0.3) is 0 Å². The summed E-state index contributed by atoms with van der Waals surface area (Å²) in [5, 5.41) is 9.59. The molecule has 1 aromatic carbocycles. The second-order valence-electron chi connectivity index (χ2n) is 4.98. The summed E-state index contributed by atoms with van der Waals surface area (Å²) in [6, 6.07) is 3.67. The lowest BCUT2D eigenvalue weighted by atomic mass is 9.88. The number of carboxylic acid groups (broad SMARTS) is 1. The van der Waals surface area contributed by atoms with Crippen LogP contribution in [0.5, 0.6) is 0 Å². The van der Waals surface area contributed by atoms with Gasteiger partial charge in [-0.05, 0) is 39.0 Å². The van der Waals surface area contributed by atoms with Crippen molar-refractivity contribution < 1.29 is 19.1 Å². The van der Waals surface area contributed by atoms with E-state index in [0.717, 1.165) is 0 Å². The van der Waals surface area contributed by atoms with Crippen LogP contribution in [0, 0.1) is 5.82 Å². The molecule has 1 N–H and O–H groups in total. The van der Waals surface area contributed by atoms with E-state index in [1.807, 2.05) is 0 Å². The third-order valence-electron chi connectivity index (χ3n) is 3.21. The molecule has 6 heteroatoms. The molecule has 110 valence electrons. The predicted octanol–water partition coefficient (Wildman–Crippen LogP) is 3.14. The molecular weight excluding hydrogens is 329 g/mol. The maximum Gasteiger partial charge on any atom is 0.334 e. The summed E-state index contributed by atoms with van der Waals surface area (Å²) in [7, 11) is 0. The van der Waals surface area contributed by atoms with E-state index in [4.69, 9.17) is 0 Å². The molecule has 0 saturated carbocycles. The van der Waals surface area contributed by atoms with Gasteiger partial charge in [0.15, 0.2) is 5.54 Å². The highest BCUT2D eigenvalue weighted by Crippen LogP contribution is 2.34. The van der Waals surface area contributed by atoms with Gasteiger partial charge in [0.25, 0.3) is 0 Å². The van der Waals surface area contributed by atoms with Gasteiger partial charge in [-0.2, -0.15) is 0 Å². The Labute approximate surface area is 125 Å². The first-order chi connectivity index (χ1) is 9.12. The lowest BCUT2D eigenvalue weighted by molar-refractivity contribution is -0.160. The molecule has 1 rings (SSSR count). The number of hydrogen-bond donors (Lipinski definition) is 1. The molecule has 0 fully saturated rings. The third-order valence-corrected chi connectivity index (χ3v) is 3.70. The minimum atomic E-state index is -1.77. The highest BCUT2D eigenvalue weighted by Gasteiger charge is 2.46. The van der Waals surface area contributed by atoms with E-state index in [0.29, 0.717) is 4.47 Å². The van der Waals surface area contributed by atoms with Crippen molar-refractivity contribution in [1.29, 1.82) is 0 Å². The van der Waals surface area contributed by atoms with Crippen LogP contribution in [0.2, 0.25) is 0 Å². The van der Waals surface area contributed by atoms with E-state index in [9.17, 15) is 19.1 Å². The molecule has 0 bridgehead atoms. The van der Waals surface area contributed by atoms with Gasteiger partial charge in [0.1, 0.15) is 5.82 Å². The lowest BCUT2D eigenvalue weighted by Gasteiger charge is -2.40. The van der Waals surface area contributed by atoms with Crippen molar-refractivity contribution >= 4 is 27.8 Å². The van der Waals surface area contributed by atoms with Crippen LogP contribution in [0.4, 0.5) is 4.39 Å². The molecule has 0 radical (unpaired) electrons. The van der Waals surface area contributed by atoms with E-state index in [1.54, 1.807) is 13.8 Å². The van der Waals surface area contributed by atoms with Crippen LogP contribution in [0.15, 0.2) is 22.7 Å². The summed E-state index contributed by atoms with van der Waals surface area (Å²) in [6.07, 6.45) is 0. The molecule has 0 aliphatic carbocycles. The number of hydrogen-bond acceptors (Lipinski definition) is 2. The Morgan fingerprint density at radius 2 is 1.95 bits per heavy atom. The molecule has 0 aliphatic rings. The fraction of sp³-hybridized carbons (Fsp3) is 0.429. The average molecular weight is 346 g/mol. The largest absolute Gasteiger partial charge is 0.479 e. The Morgan fingerprint density at radius 3 is 2.35 bits per heavy atom. The zero-order valence-corrected chi connectivity index (χ0v) is 13.4. The van der Waals surface area contributed by atoms with Crippen molar-refractivity contribution in [1.82, 2.24) is 4.90 Å². The number of benzene rings is 1. The summed E-state index contributed by atoms with van der Waals surface area (Å²) in [5.74, 6) is -2.37. The quantitative estimate of drug-likeness (QED) is 0.911. The Morgan fingerprint density at radius 1 is 1.40 bits per heavy atom. The fourth-order valence-electron chi connectivity index (χ4n) is 2.41. The van der Waals surface area contributed by atoms with Gasteiger partial charge in [-0.25, -0.2) is 9.18 Å². The number of rotatable bonds is 4. The summed E-state index contributed by atoms with van der Waals surface area (Å²) < 4.78 is 14.6. The van der Waals surface area contributed by atoms with Gasteiger partial charge >= 0.3 is 5.97 Å². The Bertz CT molecular complexity index is 547. The average Bonchev–Trinajstić information content (AvgIpc) is 2.30. The Kier molecular flexibility index (Phi) is 4.91. The van der Waals surface area contributed by atoms with Gasteiger partial charge in [0, 0.05) is 23.0 Å². The van der Waals surface area contributed by atoms with Crippen LogP contribution < -0.4 is 0 Å². The van der Waals surface area contributed by atoms with Crippen LogP contribution in [-0.4, -0.2) is 27.9 Å². The van der Waals surface area contributed by atoms with E-state index in [-0.39, 0.29) is 11.6 Å². The van der Waals surface area contributed by atoms with Crippen molar-refractivity contribution in [3.8, 4) is 0 Å². The van der Waals surface area contributed by atoms with Gasteiger partial charge in [0.05, 0.1) is 0 Å². The van der Waals surface area contributed by atoms with Crippen LogP contribution >= 0.6 is 15.9 Å². The first-order valence-corrected chi connectivity index (χ1v) is 6.90. The van der Waals surface area contributed by atoms with Crippen molar-refractivity contribution in [2.24, 2.45) is 0 Å². The molecule has 4 nitrogen and oxygen atoms in total. The standard InChI is InChI=1S/C14H17BrFNO3/c1-8(2)17(9(3)18)14(4,13(19)20)11-7-10(15)5-6-12(11)16/h5-8H,1-4H3,(H,19,20). The van der Waals surface area contributed by atoms with E-state index in [2.05, 4.69) is 15.9 Å². The number of carbonyl (C=O) groups is 2. The van der Waals surface area contributed by atoms with Gasteiger partial charge < -0.3 is 10.0 Å². The minimum absolute atomic E-state index is 0.0525. The number of carbonyl (C=O) groups excluding carboxylic acids is 1. The fourth-order valence-corrected chi connectivity index (χ4v) is 2.77. The molecule has 1 aromatic rings. The third kappa shape index (κ3) is 2.85. The lowest BCUT2D eigenvalue weighted by Crippen LogP contribution is -2.55. The molecular formula is C14H17BrFNO3. The highest BCUT2D eigenvalue weighted by molar-refractivity contribution is 9.10. The highest BCUT2D eigenvalue weighted by atomic mass is 79.9.